The fourth-order valence-corrected chi connectivity index (χ4v) is 8.52. The largest absolute Gasteiger partial charge is 0.392 e. The van der Waals surface area contributed by atoms with Crippen molar-refractivity contribution in [2.75, 3.05) is 6.61 Å². The van der Waals surface area contributed by atoms with E-state index in [1.54, 1.807) is 0 Å². The number of ether oxygens (including phenoxy) is 1. The van der Waals surface area contributed by atoms with Crippen LogP contribution in [0, 0.1) is 35.0 Å². The average Bonchev–Trinajstić information content (AvgIpc) is 3.09. The Morgan fingerprint density at radius 1 is 1.23 bits per heavy atom. The van der Waals surface area contributed by atoms with E-state index >= 15 is 0 Å². The van der Waals surface area contributed by atoms with Crippen LogP contribution in [0.1, 0.15) is 66.2 Å². The lowest BCUT2D eigenvalue weighted by Crippen LogP contribution is -2.73. The second-order valence-corrected chi connectivity index (χ2v) is 11.5. The third kappa shape index (κ3) is 2.31. The van der Waals surface area contributed by atoms with Gasteiger partial charge in [-0.15, -0.1) is 0 Å². The second kappa shape index (κ2) is 6.31. The van der Waals surface area contributed by atoms with Gasteiger partial charge < -0.3 is 25.4 Å². The van der Waals surface area contributed by atoms with E-state index < -0.39 is 22.4 Å². The Morgan fingerprint density at radius 3 is 2.63 bits per heavy atom. The number of hydrogen-bond donors (Lipinski definition) is 4. The first-order valence-electron chi connectivity index (χ1n) is 11.8. The highest BCUT2D eigenvalue weighted by atomic mass is 16.7. The Hall–Kier alpha value is -0.950. The van der Waals surface area contributed by atoms with Crippen LogP contribution in [0.4, 0.5) is 0 Å². The number of fused-ring (bicyclic) bond motifs is 2. The number of nitrogens with one attached hydrogen (secondary N) is 1. The van der Waals surface area contributed by atoms with E-state index in [9.17, 15) is 20.1 Å². The molecule has 1 amide bonds. The summed E-state index contributed by atoms with van der Waals surface area (Å²) in [6.45, 7) is 8.16. The minimum atomic E-state index is -1.53. The van der Waals surface area contributed by atoms with Gasteiger partial charge in [-0.05, 0) is 56.4 Å². The van der Waals surface area contributed by atoms with Crippen molar-refractivity contribution in [1.82, 2.24) is 5.32 Å². The molecular formula is C24H37NO5. The minimum absolute atomic E-state index is 0.0526. The standard InChI is InChI=1S/C24H37NO5/c1-13(2)10-17-18-14(3)15(12-26)11-16-19-21(4,28)6-5-7-22(19)8-9-23(29,30-22)24(16,18)20(27)25-17/h11,13-14,16-19,26,28-29H,5-10,12H2,1-4H3,(H,25,27). The summed E-state index contributed by atoms with van der Waals surface area (Å²) in [4.78, 5) is 13.8. The summed E-state index contributed by atoms with van der Waals surface area (Å²) in [6.07, 6.45) is 6.23. The number of carbonyl (C=O) groups is 1. The lowest BCUT2D eigenvalue weighted by molar-refractivity contribution is -0.365. The molecule has 168 valence electrons. The molecule has 30 heavy (non-hydrogen) atoms. The maximum atomic E-state index is 13.8. The molecule has 1 saturated carbocycles. The summed E-state index contributed by atoms with van der Waals surface area (Å²) in [7, 11) is 0. The quantitative estimate of drug-likeness (QED) is 0.525. The SMILES string of the molecule is CC(C)CC1NC(=O)C23C(C=C(CO)C(C)C12)C1C(C)(O)CCCC12CCC3(O)O2. The van der Waals surface area contributed by atoms with Crippen molar-refractivity contribution in [1.29, 1.82) is 0 Å². The first kappa shape index (κ1) is 20.9. The zero-order chi connectivity index (χ0) is 21.7. The molecule has 9 atom stereocenters. The van der Waals surface area contributed by atoms with Gasteiger partial charge in [0.25, 0.3) is 0 Å². The number of allylic oxidation sites excluding steroid dienone is 1. The average molecular weight is 420 g/mol. The Kier molecular flexibility index (Phi) is 4.40. The Bertz CT molecular complexity index is 792. The summed E-state index contributed by atoms with van der Waals surface area (Å²) in [5.74, 6) is -2.14. The van der Waals surface area contributed by atoms with Crippen LogP contribution < -0.4 is 5.32 Å². The van der Waals surface area contributed by atoms with Crippen molar-refractivity contribution in [3.05, 3.63) is 11.6 Å². The molecule has 0 aromatic rings. The van der Waals surface area contributed by atoms with Gasteiger partial charge in [0.1, 0.15) is 5.41 Å². The van der Waals surface area contributed by atoms with Gasteiger partial charge in [0.2, 0.25) is 5.91 Å². The smallest absolute Gasteiger partial charge is 0.232 e. The van der Waals surface area contributed by atoms with Crippen LogP contribution in [0.25, 0.3) is 0 Å². The molecule has 2 spiro atoms. The third-order valence-electron chi connectivity index (χ3n) is 9.39. The Morgan fingerprint density at radius 2 is 1.97 bits per heavy atom. The molecule has 0 radical (unpaired) electrons. The summed E-state index contributed by atoms with van der Waals surface area (Å²) >= 11 is 0. The van der Waals surface area contributed by atoms with Gasteiger partial charge in [0.15, 0.2) is 5.79 Å². The molecule has 5 rings (SSSR count). The molecule has 4 fully saturated rings. The monoisotopic (exact) mass is 419 g/mol. The summed E-state index contributed by atoms with van der Waals surface area (Å²) in [5, 5.41) is 37.0. The highest BCUT2D eigenvalue weighted by Crippen LogP contribution is 2.72. The van der Waals surface area contributed by atoms with Crippen LogP contribution in [0.3, 0.4) is 0 Å². The van der Waals surface area contributed by atoms with Crippen LogP contribution in [0.2, 0.25) is 0 Å². The van der Waals surface area contributed by atoms with Crippen LogP contribution in [-0.4, -0.2) is 50.9 Å². The number of carbonyl (C=O) groups excluding carboxylic acids is 1. The van der Waals surface area contributed by atoms with E-state index in [0.29, 0.717) is 25.2 Å². The zero-order valence-electron chi connectivity index (χ0n) is 18.6. The fourth-order valence-electron chi connectivity index (χ4n) is 8.52. The molecule has 3 aliphatic heterocycles. The molecule has 6 nitrogen and oxygen atoms in total. The maximum absolute atomic E-state index is 13.8. The van der Waals surface area contributed by atoms with Crippen LogP contribution in [0.5, 0.6) is 0 Å². The van der Waals surface area contributed by atoms with E-state index in [4.69, 9.17) is 4.74 Å². The van der Waals surface area contributed by atoms with Crippen molar-refractivity contribution < 1.29 is 24.9 Å². The van der Waals surface area contributed by atoms with Gasteiger partial charge >= 0.3 is 0 Å². The highest BCUT2D eigenvalue weighted by Gasteiger charge is 2.81. The molecule has 2 bridgehead atoms. The van der Waals surface area contributed by atoms with Gasteiger partial charge in [0.05, 0.1) is 17.8 Å². The summed E-state index contributed by atoms with van der Waals surface area (Å²) < 4.78 is 6.57. The van der Waals surface area contributed by atoms with Crippen molar-refractivity contribution in [2.45, 2.75) is 89.3 Å². The van der Waals surface area contributed by atoms with Gasteiger partial charge in [-0.25, -0.2) is 0 Å². The van der Waals surface area contributed by atoms with Gasteiger partial charge in [-0.1, -0.05) is 26.8 Å². The third-order valence-corrected chi connectivity index (χ3v) is 9.39. The number of aliphatic hydroxyl groups is 3. The second-order valence-electron chi connectivity index (χ2n) is 11.5. The molecule has 5 aliphatic rings. The molecule has 9 unspecified atom stereocenters. The minimum Gasteiger partial charge on any atom is -0.392 e. The highest BCUT2D eigenvalue weighted by molar-refractivity contribution is 5.89. The number of rotatable bonds is 3. The first-order chi connectivity index (χ1) is 14.0. The molecule has 0 aromatic carbocycles. The van der Waals surface area contributed by atoms with Crippen LogP contribution >= 0.6 is 0 Å². The number of aliphatic hydroxyl groups excluding tert-OH is 1. The van der Waals surface area contributed by atoms with E-state index in [0.717, 1.165) is 24.8 Å². The van der Waals surface area contributed by atoms with Gasteiger partial charge in [-0.2, -0.15) is 0 Å². The number of amides is 1. The topological polar surface area (TPSA) is 99.0 Å². The maximum Gasteiger partial charge on any atom is 0.232 e. The lowest BCUT2D eigenvalue weighted by atomic mass is 9.46. The predicted octanol–water partition coefficient (Wildman–Crippen LogP) is 2.12. The first-order valence-corrected chi connectivity index (χ1v) is 11.8. The summed E-state index contributed by atoms with van der Waals surface area (Å²) in [6, 6.07) is -0.0838. The van der Waals surface area contributed by atoms with E-state index in [2.05, 4.69) is 26.1 Å². The van der Waals surface area contributed by atoms with Crippen molar-refractivity contribution >= 4 is 5.91 Å². The van der Waals surface area contributed by atoms with Crippen molar-refractivity contribution in [2.24, 2.45) is 35.0 Å². The Balaban J connectivity index is 1.76. The molecular weight excluding hydrogens is 382 g/mol. The summed E-state index contributed by atoms with van der Waals surface area (Å²) in [5.41, 5.74) is -1.80. The Labute approximate surface area is 179 Å². The molecule has 3 heterocycles. The van der Waals surface area contributed by atoms with Gasteiger partial charge in [-0.3, -0.25) is 4.79 Å². The normalized spacial score (nSPS) is 54.3. The van der Waals surface area contributed by atoms with E-state index in [1.807, 2.05) is 13.0 Å². The molecule has 3 saturated heterocycles. The van der Waals surface area contributed by atoms with Gasteiger partial charge in [0, 0.05) is 30.2 Å². The predicted molar refractivity (Wildman–Crippen MR) is 111 cm³/mol. The molecule has 0 aromatic heterocycles. The molecule has 2 aliphatic carbocycles. The van der Waals surface area contributed by atoms with E-state index in [-0.39, 0.29) is 42.2 Å². The lowest BCUT2D eigenvalue weighted by Gasteiger charge is -2.64. The van der Waals surface area contributed by atoms with Crippen molar-refractivity contribution in [3.8, 4) is 0 Å². The van der Waals surface area contributed by atoms with Crippen LogP contribution in [-0.2, 0) is 9.53 Å². The fraction of sp³-hybridized carbons (Fsp3) is 0.875. The number of hydrogen-bond acceptors (Lipinski definition) is 5. The zero-order valence-corrected chi connectivity index (χ0v) is 18.6. The molecule has 4 N–H and O–H groups in total. The van der Waals surface area contributed by atoms with E-state index in [1.165, 1.54) is 0 Å². The van der Waals surface area contributed by atoms with Crippen LogP contribution in [0.15, 0.2) is 11.6 Å². The van der Waals surface area contributed by atoms with Crippen molar-refractivity contribution in [3.63, 3.8) is 0 Å². The molecule has 6 heteroatoms.